The van der Waals surface area contributed by atoms with Crippen molar-refractivity contribution in [3.8, 4) is 23.0 Å². The molecular weight excluding hydrogens is 344 g/mol. The van der Waals surface area contributed by atoms with E-state index in [2.05, 4.69) is 10.1 Å². The summed E-state index contributed by atoms with van der Waals surface area (Å²) in [5.74, 6) is 1.57. The van der Waals surface area contributed by atoms with Crippen molar-refractivity contribution in [3.05, 3.63) is 52.5 Å². The second kappa shape index (κ2) is 6.78. The van der Waals surface area contributed by atoms with Crippen LogP contribution in [0.25, 0.3) is 17.5 Å². The Morgan fingerprint density at radius 3 is 3.08 bits per heavy atom. The van der Waals surface area contributed by atoms with Crippen LogP contribution in [0.15, 0.2) is 45.6 Å². The van der Waals surface area contributed by atoms with Crippen LogP contribution >= 0.6 is 11.3 Å². The van der Waals surface area contributed by atoms with Gasteiger partial charge in [-0.15, -0.1) is 0 Å². The molecule has 3 heterocycles. The van der Waals surface area contributed by atoms with Gasteiger partial charge < -0.3 is 18.7 Å². The van der Waals surface area contributed by atoms with Crippen LogP contribution in [0.3, 0.4) is 0 Å². The van der Waals surface area contributed by atoms with Gasteiger partial charge in [0.2, 0.25) is 12.6 Å². The molecule has 4 rings (SSSR count). The van der Waals surface area contributed by atoms with E-state index in [1.165, 1.54) is 17.4 Å². The molecule has 0 unspecified atom stereocenters. The molecule has 8 heteroatoms. The third-order valence-electron chi connectivity index (χ3n) is 3.39. The molecule has 126 valence electrons. The highest BCUT2D eigenvalue weighted by Crippen LogP contribution is 2.32. The van der Waals surface area contributed by atoms with Crippen LogP contribution in [0.2, 0.25) is 0 Å². The Kier molecular flexibility index (Phi) is 4.17. The zero-order valence-corrected chi connectivity index (χ0v) is 13.7. The van der Waals surface area contributed by atoms with Gasteiger partial charge in [0.1, 0.15) is 0 Å². The van der Waals surface area contributed by atoms with E-state index in [1.54, 1.807) is 18.2 Å². The van der Waals surface area contributed by atoms with Crippen LogP contribution in [0.5, 0.6) is 11.5 Å². The van der Waals surface area contributed by atoms with E-state index < -0.39 is 5.97 Å². The Morgan fingerprint density at radius 1 is 1.28 bits per heavy atom. The average molecular weight is 356 g/mol. The predicted molar refractivity (Wildman–Crippen MR) is 89.0 cm³/mol. The normalized spacial score (nSPS) is 12.6. The zero-order valence-electron chi connectivity index (χ0n) is 12.9. The van der Waals surface area contributed by atoms with Crippen LogP contribution < -0.4 is 9.47 Å². The van der Waals surface area contributed by atoms with Gasteiger partial charge >= 0.3 is 5.97 Å². The van der Waals surface area contributed by atoms with Gasteiger partial charge in [-0.05, 0) is 35.2 Å². The molecular formula is C17H12N2O5S. The number of hydrogen-bond donors (Lipinski definition) is 0. The summed E-state index contributed by atoms with van der Waals surface area (Å²) in [6, 6.07) is 7.28. The first-order valence-corrected chi connectivity index (χ1v) is 8.32. The van der Waals surface area contributed by atoms with Crippen molar-refractivity contribution in [2.24, 2.45) is 0 Å². The Hall–Kier alpha value is -3.13. The van der Waals surface area contributed by atoms with E-state index in [1.807, 2.05) is 22.9 Å². The summed E-state index contributed by atoms with van der Waals surface area (Å²) in [6.45, 7) is 0.153. The van der Waals surface area contributed by atoms with Crippen molar-refractivity contribution in [1.29, 1.82) is 0 Å². The highest BCUT2D eigenvalue weighted by molar-refractivity contribution is 7.08. The number of fused-ring (bicyclic) bond motifs is 1. The minimum atomic E-state index is -0.500. The number of hydrogen-bond acceptors (Lipinski definition) is 8. The molecule has 1 aromatic carbocycles. The largest absolute Gasteiger partial charge is 0.454 e. The molecule has 2 aromatic heterocycles. The topological polar surface area (TPSA) is 83.7 Å². The quantitative estimate of drug-likeness (QED) is 0.512. The Labute approximate surface area is 146 Å². The van der Waals surface area contributed by atoms with Crippen molar-refractivity contribution >= 4 is 23.4 Å². The maximum atomic E-state index is 11.8. The van der Waals surface area contributed by atoms with Gasteiger partial charge in [0.15, 0.2) is 18.1 Å². The molecule has 25 heavy (non-hydrogen) atoms. The minimum Gasteiger partial charge on any atom is -0.454 e. The third-order valence-corrected chi connectivity index (χ3v) is 4.07. The van der Waals surface area contributed by atoms with Gasteiger partial charge in [0, 0.05) is 11.5 Å². The summed E-state index contributed by atoms with van der Waals surface area (Å²) in [4.78, 5) is 16.0. The van der Waals surface area contributed by atoms with Crippen molar-refractivity contribution in [2.45, 2.75) is 6.61 Å². The summed E-state index contributed by atoms with van der Waals surface area (Å²) < 4.78 is 20.8. The molecule has 0 amide bonds. The maximum absolute atomic E-state index is 11.8. The van der Waals surface area contributed by atoms with Crippen LogP contribution in [0.1, 0.15) is 11.4 Å². The highest BCUT2D eigenvalue weighted by Gasteiger charge is 2.13. The summed E-state index contributed by atoms with van der Waals surface area (Å²) in [7, 11) is 0. The number of aromatic nitrogens is 2. The first kappa shape index (κ1) is 15.4. The molecule has 0 bridgehead atoms. The lowest BCUT2D eigenvalue weighted by atomic mass is 10.2. The molecule has 1 aliphatic rings. The molecule has 7 nitrogen and oxygen atoms in total. The molecule has 0 spiro atoms. The Balaban J connectivity index is 1.33. The molecule has 1 aliphatic heterocycles. The van der Waals surface area contributed by atoms with E-state index in [4.69, 9.17) is 18.7 Å². The van der Waals surface area contributed by atoms with E-state index in [9.17, 15) is 4.79 Å². The van der Waals surface area contributed by atoms with Gasteiger partial charge in [-0.2, -0.15) is 16.3 Å². The molecule has 0 radical (unpaired) electrons. The number of benzene rings is 1. The number of rotatable bonds is 5. The first-order chi connectivity index (χ1) is 12.3. The van der Waals surface area contributed by atoms with Gasteiger partial charge in [0.05, 0.1) is 5.56 Å². The van der Waals surface area contributed by atoms with Gasteiger partial charge in [-0.1, -0.05) is 11.2 Å². The molecule has 0 saturated heterocycles. The number of carbonyl (C=O) groups excluding carboxylic acids is 1. The zero-order chi connectivity index (χ0) is 17.1. The highest BCUT2D eigenvalue weighted by atomic mass is 32.1. The van der Waals surface area contributed by atoms with Crippen LogP contribution in [0, 0.1) is 0 Å². The smallest absolute Gasteiger partial charge is 0.331 e. The summed E-state index contributed by atoms with van der Waals surface area (Å²) in [5.41, 5.74) is 1.65. The minimum absolute atomic E-state index is 0.0576. The molecule has 0 fully saturated rings. The maximum Gasteiger partial charge on any atom is 0.331 e. The van der Waals surface area contributed by atoms with Crippen molar-refractivity contribution in [2.75, 3.05) is 6.79 Å². The van der Waals surface area contributed by atoms with E-state index in [0.29, 0.717) is 23.2 Å². The second-order valence-electron chi connectivity index (χ2n) is 5.08. The number of ether oxygens (including phenoxy) is 3. The van der Waals surface area contributed by atoms with E-state index in [0.717, 1.165) is 11.1 Å². The number of thiophene rings is 1. The molecule has 3 aromatic rings. The van der Waals surface area contributed by atoms with Gasteiger partial charge in [-0.25, -0.2) is 4.79 Å². The fourth-order valence-electron chi connectivity index (χ4n) is 2.18. The summed E-state index contributed by atoms with van der Waals surface area (Å²) in [5, 5.41) is 7.61. The predicted octanol–water partition coefficient (Wildman–Crippen LogP) is 3.28. The molecule has 0 N–H and O–H groups in total. The Bertz CT molecular complexity index is 917. The van der Waals surface area contributed by atoms with Crippen molar-refractivity contribution < 1.29 is 23.5 Å². The van der Waals surface area contributed by atoms with Crippen LogP contribution in [-0.2, 0) is 16.1 Å². The fourth-order valence-corrected chi connectivity index (χ4v) is 2.81. The average Bonchev–Trinajstić information content (AvgIpc) is 3.38. The number of nitrogens with zero attached hydrogens (tertiary/aromatic N) is 2. The number of esters is 1. The van der Waals surface area contributed by atoms with Crippen molar-refractivity contribution in [3.63, 3.8) is 0 Å². The summed E-state index contributed by atoms with van der Waals surface area (Å²) in [6.07, 6.45) is 2.97. The lowest BCUT2D eigenvalue weighted by Crippen LogP contribution is -2.02. The lowest BCUT2D eigenvalue weighted by Gasteiger charge is -1.98. The van der Waals surface area contributed by atoms with Crippen molar-refractivity contribution in [1.82, 2.24) is 10.1 Å². The SMILES string of the molecule is O=C(/C=C/c1ccc2c(c1)OCO2)OCc1noc(-c2ccsc2)n1. The summed E-state index contributed by atoms with van der Waals surface area (Å²) >= 11 is 1.53. The van der Waals surface area contributed by atoms with Gasteiger partial charge in [0.25, 0.3) is 5.89 Å². The molecule has 0 saturated carbocycles. The lowest BCUT2D eigenvalue weighted by molar-refractivity contribution is -0.139. The Morgan fingerprint density at radius 2 is 2.20 bits per heavy atom. The first-order valence-electron chi connectivity index (χ1n) is 7.37. The third kappa shape index (κ3) is 3.53. The second-order valence-corrected chi connectivity index (χ2v) is 5.86. The van der Waals surface area contributed by atoms with Gasteiger partial charge in [-0.3, -0.25) is 0 Å². The van der Waals surface area contributed by atoms with Crippen LogP contribution in [-0.4, -0.2) is 22.9 Å². The standard InChI is InChI=1S/C17H12N2O5S/c20-16(4-2-11-1-3-13-14(7-11)23-10-22-13)21-8-15-18-17(24-19-15)12-5-6-25-9-12/h1-7,9H,8,10H2/b4-2+. The van der Waals surface area contributed by atoms with E-state index in [-0.39, 0.29) is 13.4 Å². The van der Waals surface area contributed by atoms with E-state index >= 15 is 0 Å². The molecule has 0 atom stereocenters. The molecule has 0 aliphatic carbocycles. The monoisotopic (exact) mass is 356 g/mol. The fraction of sp³-hybridized carbons (Fsp3) is 0.118. The number of carbonyl (C=O) groups is 1. The van der Waals surface area contributed by atoms with Crippen LogP contribution in [0.4, 0.5) is 0 Å².